The fourth-order valence-electron chi connectivity index (χ4n) is 3.95. The summed E-state index contributed by atoms with van der Waals surface area (Å²) in [5, 5.41) is 0. The van der Waals surface area contributed by atoms with Crippen molar-refractivity contribution in [2.75, 3.05) is 7.11 Å². The van der Waals surface area contributed by atoms with Gasteiger partial charge in [-0.1, -0.05) is 13.3 Å². The summed E-state index contributed by atoms with van der Waals surface area (Å²) in [5.74, 6) is 4.07. The van der Waals surface area contributed by atoms with Crippen molar-refractivity contribution in [1.29, 1.82) is 0 Å². The van der Waals surface area contributed by atoms with Crippen molar-refractivity contribution < 1.29 is 9.47 Å². The zero-order valence-electron chi connectivity index (χ0n) is 12.4. The molecule has 19 heavy (non-hydrogen) atoms. The molecule has 1 fully saturated rings. The molecule has 1 aliphatic heterocycles. The summed E-state index contributed by atoms with van der Waals surface area (Å²) >= 11 is 0. The van der Waals surface area contributed by atoms with Crippen LogP contribution in [0.15, 0.2) is 18.2 Å². The third kappa shape index (κ3) is 2.11. The number of rotatable bonds is 1. The molecule has 3 atom stereocenters. The first-order chi connectivity index (χ1) is 9.01. The Morgan fingerprint density at radius 1 is 1.26 bits per heavy atom. The fourth-order valence-corrected chi connectivity index (χ4v) is 3.95. The summed E-state index contributed by atoms with van der Waals surface area (Å²) in [4.78, 5) is 0. The topological polar surface area (TPSA) is 18.5 Å². The van der Waals surface area contributed by atoms with Crippen molar-refractivity contribution in [1.82, 2.24) is 0 Å². The van der Waals surface area contributed by atoms with E-state index in [9.17, 15) is 0 Å². The summed E-state index contributed by atoms with van der Waals surface area (Å²) in [5.41, 5.74) is 1.31. The van der Waals surface area contributed by atoms with Crippen LogP contribution in [-0.2, 0) is 0 Å². The van der Waals surface area contributed by atoms with Gasteiger partial charge >= 0.3 is 0 Å². The molecule has 0 saturated heterocycles. The van der Waals surface area contributed by atoms with Gasteiger partial charge in [0.1, 0.15) is 17.1 Å². The van der Waals surface area contributed by atoms with Gasteiger partial charge in [-0.25, -0.2) is 0 Å². The highest BCUT2D eigenvalue weighted by atomic mass is 16.5. The number of fused-ring (bicyclic) bond motifs is 3. The molecule has 0 bridgehead atoms. The maximum atomic E-state index is 6.27. The largest absolute Gasteiger partial charge is 0.497 e. The second-order valence-corrected chi connectivity index (χ2v) is 6.74. The van der Waals surface area contributed by atoms with Gasteiger partial charge in [0.25, 0.3) is 0 Å². The van der Waals surface area contributed by atoms with E-state index in [2.05, 4.69) is 32.9 Å². The third-order valence-electron chi connectivity index (χ3n) is 4.99. The molecule has 1 aromatic rings. The zero-order chi connectivity index (χ0) is 13.6. The summed E-state index contributed by atoms with van der Waals surface area (Å²) in [6, 6.07) is 6.26. The standard InChI is InChI=1S/C17H24O2/c1-11-5-7-15-13(9-11)14-10-12(18-4)6-8-16(14)19-17(15,2)3/h6,8,10-11,13,15H,5,7,9H2,1-4H3/t11-,13?,15-/m1/s1. The van der Waals surface area contributed by atoms with E-state index in [4.69, 9.17) is 9.47 Å². The van der Waals surface area contributed by atoms with Gasteiger partial charge in [0.05, 0.1) is 7.11 Å². The van der Waals surface area contributed by atoms with Crippen molar-refractivity contribution in [3.8, 4) is 11.5 Å². The Labute approximate surface area is 116 Å². The number of hydrogen-bond acceptors (Lipinski definition) is 2. The summed E-state index contributed by atoms with van der Waals surface area (Å²) in [6.07, 6.45) is 3.88. The molecular formula is C17H24O2. The molecule has 0 radical (unpaired) electrons. The van der Waals surface area contributed by atoms with E-state index < -0.39 is 0 Å². The molecule has 0 spiro atoms. The lowest BCUT2D eigenvalue weighted by atomic mass is 9.64. The van der Waals surface area contributed by atoms with Gasteiger partial charge in [-0.05, 0) is 56.7 Å². The molecule has 1 unspecified atom stereocenters. The highest BCUT2D eigenvalue weighted by Crippen LogP contribution is 2.53. The Balaban J connectivity index is 2.05. The summed E-state index contributed by atoms with van der Waals surface area (Å²) < 4.78 is 11.7. The van der Waals surface area contributed by atoms with Crippen molar-refractivity contribution in [2.45, 2.75) is 51.6 Å². The van der Waals surface area contributed by atoms with Crippen LogP contribution >= 0.6 is 0 Å². The van der Waals surface area contributed by atoms with Gasteiger partial charge in [-0.2, -0.15) is 0 Å². The summed E-state index contributed by atoms with van der Waals surface area (Å²) in [6.45, 7) is 6.86. The third-order valence-corrected chi connectivity index (χ3v) is 4.99. The van der Waals surface area contributed by atoms with Crippen molar-refractivity contribution >= 4 is 0 Å². The van der Waals surface area contributed by atoms with Gasteiger partial charge in [-0.3, -0.25) is 0 Å². The van der Waals surface area contributed by atoms with Gasteiger partial charge in [-0.15, -0.1) is 0 Å². The molecule has 0 N–H and O–H groups in total. The first-order valence-corrected chi connectivity index (χ1v) is 7.38. The molecule has 1 aliphatic carbocycles. The van der Waals surface area contributed by atoms with Crippen LogP contribution in [0.5, 0.6) is 11.5 Å². The molecule has 1 saturated carbocycles. The average Bonchev–Trinajstić information content (AvgIpc) is 2.37. The van der Waals surface area contributed by atoms with Crippen LogP contribution in [0.1, 0.15) is 51.5 Å². The van der Waals surface area contributed by atoms with Crippen molar-refractivity contribution in [2.24, 2.45) is 11.8 Å². The highest BCUT2D eigenvalue weighted by Gasteiger charge is 2.45. The Hall–Kier alpha value is -1.18. The molecule has 2 heteroatoms. The molecule has 1 heterocycles. The Kier molecular flexibility index (Phi) is 2.99. The van der Waals surface area contributed by atoms with Crippen LogP contribution in [0.2, 0.25) is 0 Å². The molecule has 1 aromatic carbocycles. The van der Waals surface area contributed by atoms with Crippen LogP contribution in [0.3, 0.4) is 0 Å². The number of ether oxygens (including phenoxy) is 2. The van der Waals surface area contributed by atoms with Crippen LogP contribution in [-0.4, -0.2) is 12.7 Å². The normalized spacial score (nSPS) is 31.9. The second kappa shape index (κ2) is 4.43. The molecule has 0 amide bonds. The number of methoxy groups -OCH3 is 1. The number of benzene rings is 1. The van der Waals surface area contributed by atoms with E-state index in [-0.39, 0.29) is 5.60 Å². The number of hydrogen-bond donors (Lipinski definition) is 0. The van der Waals surface area contributed by atoms with Crippen molar-refractivity contribution in [3.63, 3.8) is 0 Å². The van der Waals surface area contributed by atoms with Gasteiger partial charge in [0.2, 0.25) is 0 Å². The monoisotopic (exact) mass is 260 g/mol. The minimum absolute atomic E-state index is 0.0492. The zero-order valence-corrected chi connectivity index (χ0v) is 12.4. The lowest BCUT2D eigenvalue weighted by Crippen LogP contribution is -2.46. The molecule has 2 aliphatic rings. The van der Waals surface area contributed by atoms with E-state index in [1.54, 1.807) is 7.11 Å². The Morgan fingerprint density at radius 3 is 2.79 bits per heavy atom. The fraction of sp³-hybridized carbons (Fsp3) is 0.647. The molecule has 0 aromatic heterocycles. The van der Waals surface area contributed by atoms with E-state index in [0.29, 0.717) is 11.8 Å². The second-order valence-electron chi connectivity index (χ2n) is 6.74. The molecule has 3 rings (SSSR count). The van der Waals surface area contributed by atoms with Gasteiger partial charge in [0.15, 0.2) is 0 Å². The van der Waals surface area contributed by atoms with Crippen molar-refractivity contribution in [3.05, 3.63) is 23.8 Å². The summed E-state index contributed by atoms with van der Waals surface area (Å²) in [7, 11) is 1.73. The van der Waals surface area contributed by atoms with E-state index >= 15 is 0 Å². The Bertz CT molecular complexity index is 478. The van der Waals surface area contributed by atoms with Crippen LogP contribution in [0, 0.1) is 11.8 Å². The van der Waals surface area contributed by atoms with E-state index in [1.165, 1.54) is 24.8 Å². The quantitative estimate of drug-likeness (QED) is 0.745. The van der Waals surface area contributed by atoms with Crippen LogP contribution in [0.4, 0.5) is 0 Å². The van der Waals surface area contributed by atoms with E-state index in [0.717, 1.165) is 17.4 Å². The SMILES string of the molecule is COc1ccc2c(c1)C1C[C@H](C)CC[C@H]1C(C)(C)O2. The maximum Gasteiger partial charge on any atom is 0.123 e. The molecular weight excluding hydrogens is 236 g/mol. The first-order valence-electron chi connectivity index (χ1n) is 7.38. The first kappa shape index (κ1) is 12.8. The maximum absolute atomic E-state index is 6.27. The van der Waals surface area contributed by atoms with E-state index in [1.807, 2.05) is 6.07 Å². The Morgan fingerprint density at radius 2 is 2.05 bits per heavy atom. The minimum atomic E-state index is -0.0492. The predicted octanol–water partition coefficient (Wildman–Crippen LogP) is 4.39. The lowest BCUT2D eigenvalue weighted by molar-refractivity contribution is -0.0137. The predicted molar refractivity (Wildman–Crippen MR) is 76.9 cm³/mol. The van der Waals surface area contributed by atoms with Gasteiger partial charge < -0.3 is 9.47 Å². The van der Waals surface area contributed by atoms with Crippen LogP contribution in [0.25, 0.3) is 0 Å². The highest BCUT2D eigenvalue weighted by molar-refractivity contribution is 5.45. The molecule has 104 valence electrons. The molecule has 2 nitrogen and oxygen atoms in total. The minimum Gasteiger partial charge on any atom is -0.497 e. The van der Waals surface area contributed by atoms with Crippen LogP contribution < -0.4 is 9.47 Å². The smallest absolute Gasteiger partial charge is 0.123 e. The van der Waals surface area contributed by atoms with Gasteiger partial charge in [0, 0.05) is 11.5 Å². The average molecular weight is 260 g/mol. The lowest BCUT2D eigenvalue weighted by Gasteiger charge is -2.48.